The number of aromatic nitrogens is 2. The first-order chi connectivity index (χ1) is 18.5. The lowest BCUT2D eigenvalue weighted by Gasteiger charge is -2.20. The third-order valence-corrected chi connectivity index (χ3v) is 8.87. The van der Waals surface area contributed by atoms with E-state index in [4.69, 9.17) is 15.8 Å². The number of carbonyl (C=O) groups excluding carboxylic acids is 1. The van der Waals surface area contributed by atoms with Crippen molar-refractivity contribution in [3.8, 4) is 16.9 Å². The Labute approximate surface area is 222 Å². The summed E-state index contributed by atoms with van der Waals surface area (Å²) in [4.78, 5) is 17.1. The summed E-state index contributed by atoms with van der Waals surface area (Å²) >= 11 is 0. The summed E-state index contributed by atoms with van der Waals surface area (Å²) < 4.78 is 54.1. The van der Waals surface area contributed by atoms with Gasteiger partial charge in [0.1, 0.15) is 10.6 Å². The fourth-order valence-electron chi connectivity index (χ4n) is 4.75. The normalized spacial score (nSPS) is 14.0. The molecule has 13 nitrogen and oxygen atoms in total. The van der Waals surface area contributed by atoms with Crippen molar-refractivity contribution in [1.29, 1.82) is 0 Å². The van der Waals surface area contributed by atoms with Gasteiger partial charge in [0.05, 0.1) is 22.0 Å². The van der Waals surface area contributed by atoms with Gasteiger partial charge in [0, 0.05) is 16.8 Å². The molecule has 0 atom stereocenters. The molecule has 0 saturated heterocycles. The lowest BCUT2D eigenvalue weighted by molar-refractivity contribution is 0.0994. The van der Waals surface area contributed by atoms with E-state index >= 15 is 0 Å². The molecule has 200 valence electrons. The largest absolute Gasteiger partial charge is 0.364 e. The Bertz CT molecular complexity index is 1880. The number of sulfonamides is 2. The van der Waals surface area contributed by atoms with E-state index in [1.165, 1.54) is 35.0 Å². The number of aryl methyl sites for hydroxylation is 1. The van der Waals surface area contributed by atoms with Gasteiger partial charge in [-0.25, -0.2) is 37.6 Å². The number of para-hydroxylation sites is 1. The number of carbonyl (C=O) groups is 1. The molecule has 2 aliphatic rings. The number of rotatable bonds is 6. The Morgan fingerprint density at radius 2 is 1.77 bits per heavy atom. The second-order valence-electron chi connectivity index (χ2n) is 8.95. The van der Waals surface area contributed by atoms with Crippen LogP contribution in [-0.4, -0.2) is 32.5 Å². The summed E-state index contributed by atoms with van der Waals surface area (Å²) in [5.41, 5.74) is 15.0. The molecule has 1 aliphatic carbocycles. The van der Waals surface area contributed by atoms with Crippen molar-refractivity contribution < 1.29 is 26.6 Å². The van der Waals surface area contributed by atoms with Crippen LogP contribution in [0.3, 0.4) is 0 Å². The van der Waals surface area contributed by atoms with Crippen molar-refractivity contribution in [1.82, 2.24) is 9.78 Å². The van der Waals surface area contributed by atoms with Gasteiger partial charge >= 0.3 is 0 Å². The number of primary amides is 1. The molecular weight excluding hydrogens is 546 g/mol. The monoisotopic (exact) mass is 567 g/mol. The molecule has 1 amide bonds. The SMILES string of the molecule is NC(=O)c1nn(-c2ccc(S(N)(=O)=O)cc2)c2c1CCc1ccc(NS(=O)(=O)c3cccc4c3NON4)cc1-2. The predicted octanol–water partition coefficient (Wildman–Crippen LogP) is 1.87. The van der Waals surface area contributed by atoms with Crippen LogP contribution in [-0.2, 0) is 37.8 Å². The van der Waals surface area contributed by atoms with Gasteiger partial charge in [-0.15, -0.1) is 0 Å². The minimum absolute atomic E-state index is 0.0144. The van der Waals surface area contributed by atoms with E-state index in [0.29, 0.717) is 41.0 Å². The Kier molecular flexibility index (Phi) is 5.62. The molecule has 0 fully saturated rings. The molecule has 0 spiro atoms. The number of nitrogens with one attached hydrogen (secondary N) is 3. The van der Waals surface area contributed by atoms with E-state index in [1.807, 2.05) is 0 Å². The van der Waals surface area contributed by atoms with Gasteiger partial charge in [0.2, 0.25) is 10.0 Å². The van der Waals surface area contributed by atoms with Crippen LogP contribution >= 0.6 is 0 Å². The highest BCUT2D eigenvalue weighted by atomic mass is 32.2. The van der Waals surface area contributed by atoms with Crippen LogP contribution < -0.4 is 26.6 Å². The van der Waals surface area contributed by atoms with Crippen LogP contribution in [0.4, 0.5) is 17.1 Å². The molecular formula is C24H21N7O6S2. The third-order valence-electron chi connectivity index (χ3n) is 6.52. The van der Waals surface area contributed by atoms with Crippen LogP contribution in [0.2, 0.25) is 0 Å². The van der Waals surface area contributed by atoms with Crippen molar-refractivity contribution >= 4 is 43.0 Å². The molecule has 4 aromatic rings. The van der Waals surface area contributed by atoms with Crippen molar-refractivity contribution in [2.45, 2.75) is 22.6 Å². The first kappa shape index (κ1) is 24.9. The molecule has 0 unspecified atom stereocenters. The second-order valence-corrected chi connectivity index (χ2v) is 12.2. The van der Waals surface area contributed by atoms with Gasteiger partial charge in [0.15, 0.2) is 5.69 Å². The van der Waals surface area contributed by atoms with Crippen molar-refractivity contribution in [3.63, 3.8) is 0 Å². The second kappa shape index (κ2) is 8.81. The number of hydrogen-bond donors (Lipinski definition) is 5. The first-order valence-electron chi connectivity index (χ1n) is 11.5. The number of nitrogens with zero attached hydrogens (tertiary/aromatic N) is 2. The number of fused-ring (bicyclic) bond motifs is 4. The Balaban J connectivity index is 1.45. The molecule has 0 bridgehead atoms. The number of amides is 1. The van der Waals surface area contributed by atoms with Crippen molar-refractivity contribution in [3.05, 3.63) is 77.5 Å². The lowest BCUT2D eigenvalue weighted by Crippen LogP contribution is -2.16. The molecule has 7 N–H and O–H groups in total. The van der Waals surface area contributed by atoms with Crippen LogP contribution in [0.1, 0.15) is 21.6 Å². The van der Waals surface area contributed by atoms with Gasteiger partial charge in [-0.05, 0) is 66.9 Å². The number of benzene rings is 3. The zero-order valence-corrected chi connectivity index (χ0v) is 21.6. The maximum absolute atomic E-state index is 13.3. The van der Waals surface area contributed by atoms with E-state index in [0.717, 1.165) is 5.56 Å². The number of anilines is 3. The molecule has 1 aliphatic heterocycles. The highest BCUT2D eigenvalue weighted by Gasteiger charge is 2.30. The minimum atomic E-state index is -4.03. The van der Waals surface area contributed by atoms with Crippen LogP contribution in [0.5, 0.6) is 0 Å². The first-order valence-corrected chi connectivity index (χ1v) is 14.6. The van der Waals surface area contributed by atoms with Crippen LogP contribution in [0.25, 0.3) is 16.9 Å². The minimum Gasteiger partial charge on any atom is -0.364 e. The molecule has 0 radical (unpaired) electrons. The zero-order chi connectivity index (χ0) is 27.5. The molecule has 3 aromatic carbocycles. The van der Waals surface area contributed by atoms with E-state index in [9.17, 15) is 21.6 Å². The fourth-order valence-corrected chi connectivity index (χ4v) is 6.49. The van der Waals surface area contributed by atoms with Gasteiger partial charge in [-0.3, -0.25) is 9.52 Å². The molecule has 1 aromatic heterocycles. The average Bonchev–Trinajstić information content (AvgIpc) is 3.53. The summed E-state index contributed by atoms with van der Waals surface area (Å²) in [5.74, 6) is -0.715. The van der Waals surface area contributed by atoms with Gasteiger partial charge in [-0.2, -0.15) is 10.0 Å². The van der Waals surface area contributed by atoms with Gasteiger partial charge in [0.25, 0.3) is 15.9 Å². The fraction of sp³-hybridized carbons (Fsp3) is 0.0833. The number of nitrogens with two attached hydrogens (primary N) is 2. The highest BCUT2D eigenvalue weighted by Crippen LogP contribution is 2.39. The maximum atomic E-state index is 13.3. The van der Waals surface area contributed by atoms with Crippen molar-refractivity contribution in [2.75, 3.05) is 15.7 Å². The van der Waals surface area contributed by atoms with Crippen LogP contribution in [0, 0.1) is 0 Å². The Hall–Kier alpha value is -4.44. The summed E-state index contributed by atoms with van der Waals surface area (Å²) in [7, 11) is -7.94. The summed E-state index contributed by atoms with van der Waals surface area (Å²) in [6.07, 6.45) is 1.06. The van der Waals surface area contributed by atoms with E-state index < -0.39 is 26.0 Å². The smallest absolute Gasteiger partial charge is 0.269 e. The van der Waals surface area contributed by atoms with E-state index in [2.05, 4.69) is 20.8 Å². The van der Waals surface area contributed by atoms with Gasteiger partial charge < -0.3 is 5.73 Å². The summed E-state index contributed by atoms with van der Waals surface area (Å²) in [6, 6.07) is 15.5. The summed E-state index contributed by atoms with van der Waals surface area (Å²) in [5, 5.41) is 9.66. The van der Waals surface area contributed by atoms with E-state index in [-0.39, 0.29) is 26.9 Å². The quantitative estimate of drug-likeness (QED) is 0.231. The zero-order valence-electron chi connectivity index (χ0n) is 20.0. The highest BCUT2D eigenvalue weighted by molar-refractivity contribution is 7.93. The topological polar surface area (TPSA) is 201 Å². The van der Waals surface area contributed by atoms with E-state index in [1.54, 1.807) is 30.3 Å². The lowest BCUT2D eigenvalue weighted by atomic mass is 9.88. The molecule has 39 heavy (non-hydrogen) atoms. The number of hydrogen-bond acceptors (Lipinski definition) is 9. The van der Waals surface area contributed by atoms with Crippen LogP contribution in [0.15, 0.2) is 70.5 Å². The predicted molar refractivity (Wildman–Crippen MR) is 142 cm³/mol. The average molecular weight is 568 g/mol. The third kappa shape index (κ3) is 4.26. The molecule has 2 heterocycles. The maximum Gasteiger partial charge on any atom is 0.269 e. The Morgan fingerprint density at radius 1 is 1.00 bits per heavy atom. The van der Waals surface area contributed by atoms with Crippen molar-refractivity contribution in [2.24, 2.45) is 10.9 Å². The molecule has 6 rings (SSSR count). The molecule has 15 heteroatoms. The number of primary sulfonamides is 1. The summed E-state index contributed by atoms with van der Waals surface area (Å²) in [6.45, 7) is 0. The Morgan fingerprint density at radius 3 is 2.49 bits per heavy atom. The standard InChI is InChI=1S/C24H21N7O6S2/c25-24(32)21-17-11-5-13-4-6-14(30-39(35,36)20-3-1-2-19-22(20)29-37-28-19)12-18(13)23(17)31(27-21)15-7-9-16(10-8-15)38(26,33)34/h1-4,6-10,12,28-30H,5,11H2,(H2,25,32)(H2,26,33,34). The van der Waals surface area contributed by atoms with Gasteiger partial charge in [-0.1, -0.05) is 12.1 Å². The molecule has 0 saturated carbocycles.